The number of carbonyl (C=O) groups is 1. The molecule has 0 aliphatic heterocycles. The topological polar surface area (TPSA) is 77.2 Å². The van der Waals surface area contributed by atoms with Crippen molar-refractivity contribution in [3.63, 3.8) is 0 Å². The van der Waals surface area contributed by atoms with Crippen molar-refractivity contribution in [2.45, 2.75) is 5.30 Å². The van der Waals surface area contributed by atoms with Crippen molar-refractivity contribution >= 4 is 29.4 Å². The molecule has 1 amide bonds. The minimum Gasteiger partial charge on any atom is -0.501 e. The van der Waals surface area contributed by atoms with Crippen molar-refractivity contribution in [3.8, 4) is 5.88 Å². The summed E-state index contributed by atoms with van der Waals surface area (Å²) in [7, 11) is 15.6. The van der Waals surface area contributed by atoms with Gasteiger partial charge in [-0.2, -0.15) is 0 Å². The molecule has 3 N–H and O–H groups in total. The number of nitrogen functional groups attached to an aromatic ring is 1. The van der Waals surface area contributed by atoms with Crippen molar-refractivity contribution in [2.75, 3.05) is 0 Å². The Morgan fingerprint density at radius 1 is 1.47 bits per heavy atom. The number of nitrogens with two attached hydrogens (primary N) is 1. The highest BCUT2D eigenvalue weighted by Gasteiger charge is 2.13. The molecular formula is C7H6B3N3O2. The molecule has 1 aromatic heterocycles. The van der Waals surface area contributed by atoms with Gasteiger partial charge in [0.2, 0.25) is 5.88 Å². The zero-order valence-electron chi connectivity index (χ0n) is 7.81. The number of aromatic nitrogens is 1. The lowest BCUT2D eigenvalue weighted by molar-refractivity contribution is 0.0947. The average Bonchev–Trinajstić information content (AvgIpc) is 2.14. The van der Waals surface area contributed by atoms with Crippen molar-refractivity contribution in [3.05, 3.63) is 23.9 Å². The number of hydrogen-bond donors (Lipinski definition) is 2. The molecule has 0 aromatic carbocycles. The van der Waals surface area contributed by atoms with E-state index in [1.54, 1.807) is 0 Å². The van der Waals surface area contributed by atoms with E-state index in [1.807, 2.05) is 5.43 Å². The summed E-state index contributed by atoms with van der Waals surface area (Å²) in [5.74, 6) is 4.40. The van der Waals surface area contributed by atoms with Crippen LogP contribution in [-0.2, 0) is 0 Å². The van der Waals surface area contributed by atoms with E-state index in [2.05, 4.69) is 4.98 Å². The fourth-order valence-electron chi connectivity index (χ4n) is 0.853. The average molecular weight is 197 g/mol. The molecule has 0 unspecified atom stereocenters. The van der Waals surface area contributed by atoms with Crippen molar-refractivity contribution in [2.24, 2.45) is 5.84 Å². The second-order valence-electron chi connectivity index (χ2n) is 2.79. The van der Waals surface area contributed by atoms with Gasteiger partial charge in [0.25, 0.3) is 5.91 Å². The van der Waals surface area contributed by atoms with Gasteiger partial charge in [0.05, 0.1) is 0 Å². The summed E-state index contributed by atoms with van der Waals surface area (Å²) in [6, 6.07) is 4.42. The number of amides is 1. The molecule has 0 aliphatic carbocycles. The highest BCUT2D eigenvalue weighted by molar-refractivity contribution is 6.58. The lowest BCUT2D eigenvalue weighted by Gasteiger charge is -2.22. The van der Waals surface area contributed by atoms with E-state index in [4.69, 9.17) is 34.1 Å². The van der Waals surface area contributed by atoms with Crippen LogP contribution in [0.3, 0.4) is 0 Å². The first-order valence-electron chi connectivity index (χ1n) is 3.96. The van der Waals surface area contributed by atoms with Gasteiger partial charge in [-0.3, -0.25) is 10.2 Å². The zero-order valence-corrected chi connectivity index (χ0v) is 7.81. The quantitative estimate of drug-likeness (QED) is 0.258. The molecular weight excluding hydrogens is 191 g/mol. The van der Waals surface area contributed by atoms with Crippen LogP contribution in [0.15, 0.2) is 18.2 Å². The lowest BCUT2D eigenvalue weighted by Crippen LogP contribution is -2.38. The monoisotopic (exact) mass is 197 g/mol. The van der Waals surface area contributed by atoms with Crippen LogP contribution in [0.2, 0.25) is 0 Å². The molecule has 0 saturated carbocycles. The van der Waals surface area contributed by atoms with E-state index >= 15 is 0 Å². The Bertz CT molecular complexity index is 367. The highest BCUT2D eigenvalue weighted by atomic mass is 16.5. The van der Waals surface area contributed by atoms with Gasteiger partial charge in [0.15, 0.2) is 0 Å². The zero-order chi connectivity index (χ0) is 11.5. The Labute approximate surface area is 91.0 Å². The van der Waals surface area contributed by atoms with Gasteiger partial charge in [-0.15, -0.1) is 0 Å². The first-order valence-corrected chi connectivity index (χ1v) is 3.96. The maximum absolute atomic E-state index is 11.1. The number of nitrogens with one attached hydrogen (secondary N) is 1. The number of rotatable bonds is 3. The van der Waals surface area contributed by atoms with E-state index in [0.717, 1.165) is 0 Å². The van der Waals surface area contributed by atoms with Gasteiger partial charge in [-0.25, -0.2) is 10.8 Å². The molecule has 0 aliphatic rings. The van der Waals surface area contributed by atoms with Gasteiger partial charge < -0.3 is 4.74 Å². The van der Waals surface area contributed by atoms with E-state index < -0.39 is 11.2 Å². The second-order valence-corrected chi connectivity index (χ2v) is 2.79. The van der Waals surface area contributed by atoms with Crippen LogP contribution in [0, 0.1) is 0 Å². The first kappa shape index (κ1) is 11.6. The molecule has 0 fully saturated rings. The van der Waals surface area contributed by atoms with Gasteiger partial charge in [0, 0.05) is 6.07 Å². The van der Waals surface area contributed by atoms with E-state index in [1.165, 1.54) is 18.2 Å². The minimum atomic E-state index is -1.84. The predicted octanol–water partition coefficient (Wildman–Crippen LogP) is -1.82. The van der Waals surface area contributed by atoms with Crippen LogP contribution in [0.1, 0.15) is 10.5 Å². The number of carbonyl (C=O) groups excluding carboxylic acids is 1. The highest BCUT2D eigenvalue weighted by Crippen LogP contribution is 2.10. The summed E-state index contributed by atoms with van der Waals surface area (Å²) in [5, 5.41) is -1.84. The van der Waals surface area contributed by atoms with Gasteiger partial charge in [-0.1, -0.05) is 6.07 Å². The lowest BCUT2D eigenvalue weighted by atomic mass is 9.52. The summed E-state index contributed by atoms with van der Waals surface area (Å²) in [4.78, 5) is 14.9. The maximum Gasteiger partial charge on any atom is 0.283 e. The third-order valence-electron chi connectivity index (χ3n) is 1.37. The maximum atomic E-state index is 11.1. The summed E-state index contributed by atoms with van der Waals surface area (Å²) >= 11 is 0. The molecule has 5 nitrogen and oxygen atoms in total. The number of hydrazine groups is 1. The standard InChI is InChI=1S/C7H6B3N3O2/c8-7(9,10)15-5-3-1-2-4(12-5)6(14)13-11/h1-3H,11H2,(H,13,14). The summed E-state index contributed by atoms with van der Waals surface area (Å²) in [6.07, 6.45) is 0. The fourth-order valence-corrected chi connectivity index (χ4v) is 0.853. The van der Waals surface area contributed by atoms with Gasteiger partial charge >= 0.3 is 0 Å². The molecule has 70 valence electrons. The molecule has 1 aromatic rings. The molecule has 0 saturated heterocycles. The Morgan fingerprint density at radius 2 is 2.13 bits per heavy atom. The Hall–Kier alpha value is -1.43. The van der Waals surface area contributed by atoms with Gasteiger partial charge in [-0.05, 0) is 11.4 Å². The van der Waals surface area contributed by atoms with Gasteiger partial charge in [0.1, 0.15) is 29.2 Å². The van der Waals surface area contributed by atoms with Crippen LogP contribution < -0.4 is 16.0 Å². The van der Waals surface area contributed by atoms with E-state index in [9.17, 15) is 4.79 Å². The van der Waals surface area contributed by atoms with Crippen molar-refractivity contribution in [1.29, 1.82) is 0 Å². The Kier molecular flexibility index (Phi) is 3.41. The minimum absolute atomic E-state index is 0.0311. The number of pyridine rings is 1. The van der Waals surface area contributed by atoms with Crippen LogP contribution in [0.25, 0.3) is 0 Å². The van der Waals surface area contributed by atoms with E-state index in [0.29, 0.717) is 0 Å². The SMILES string of the molecule is [B]C([B])([B])Oc1cccc(C(=O)NN)n1. The molecule has 0 bridgehead atoms. The summed E-state index contributed by atoms with van der Waals surface area (Å²) in [5.41, 5.74) is 1.99. The first-order chi connectivity index (χ1) is 6.92. The molecule has 1 heterocycles. The van der Waals surface area contributed by atoms with Crippen LogP contribution in [0.5, 0.6) is 5.88 Å². The Balaban J connectivity index is 2.88. The fraction of sp³-hybridized carbons (Fsp3) is 0.143. The predicted molar refractivity (Wildman–Crippen MR) is 56.5 cm³/mol. The smallest absolute Gasteiger partial charge is 0.283 e. The molecule has 0 atom stereocenters. The van der Waals surface area contributed by atoms with Crippen LogP contribution in [-0.4, -0.2) is 39.7 Å². The van der Waals surface area contributed by atoms with Crippen molar-refractivity contribution in [1.82, 2.24) is 10.4 Å². The molecule has 1 rings (SSSR count). The number of nitrogens with zero attached hydrogens (tertiary/aromatic N) is 1. The number of ether oxygens (including phenoxy) is 1. The Morgan fingerprint density at radius 3 is 2.67 bits per heavy atom. The summed E-state index contributed by atoms with van der Waals surface area (Å²) in [6.45, 7) is 0. The number of hydrogen-bond acceptors (Lipinski definition) is 4. The largest absolute Gasteiger partial charge is 0.501 e. The third-order valence-corrected chi connectivity index (χ3v) is 1.37. The molecule has 15 heavy (non-hydrogen) atoms. The van der Waals surface area contributed by atoms with Crippen LogP contribution in [0.4, 0.5) is 0 Å². The van der Waals surface area contributed by atoms with Crippen molar-refractivity contribution < 1.29 is 9.53 Å². The molecule has 8 heteroatoms. The van der Waals surface area contributed by atoms with E-state index in [-0.39, 0.29) is 11.6 Å². The third kappa shape index (κ3) is 3.67. The normalized spacial score (nSPS) is 10.7. The second kappa shape index (κ2) is 4.40. The summed E-state index contributed by atoms with van der Waals surface area (Å²) < 4.78 is 4.84. The van der Waals surface area contributed by atoms with Crippen LogP contribution >= 0.6 is 0 Å². The molecule has 6 radical (unpaired) electrons. The molecule has 0 spiro atoms.